The van der Waals surface area contributed by atoms with Gasteiger partial charge < -0.3 is 14.5 Å². The van der Waals surface area contributed by atoms with Crippen LogP contribution in [0.5, 0.6) is 0 Å². The Balaban J connectivity index is 2.33. The van der Waals surface area contributed by atoms with E-state index >= 15 is 0 Å². The average molecular weight is 178 g/mol. The monoisotopic (exact) mass is 178 g/mol. The topological polar surface area (TPSA) is 71.4 Å². The number of nitrogens with zero attached hydrogens (tertiary/aromatic N) is 2. The molecule has 6 heteroatoms. The molecule has 0 saturated heterocycles. The van der Waals surface area contributed by atoms with Crippen molar-refractivity contribution in [3.05, 3.63) is 30.9 Å². The highest BCUT2D eigenvalue weighted by molar-refractivity contribution is 6.57. The van der Waals surface area contributed by atoms with Gasteiger partial charge in [0.15, 0.2) is 0 Å². The summed E-state index contributed by atoms with van der Waals surface area (Å²) in [6.07, 6.45) is 4.87. The number of hydrogen-bond acceptors (Lipinski definition) is 4. The zero-order valence-corrected chi connectivity index (χ0v) is 6.66. The maximum atomic E-state index is 8.77. The van der Waals surface area contributed by atoms with Crippen molar-refractivity contribution in [3.63, 3.8) is 0 Å². The molecule has 0 radical (unpaired) electrons. The van der Waals surface area contributed by atoms with Gasteiger partial charge in [-0.2, -0.15) is 0 Å². The second kappa shape index (κ2) is 3.08. The van der Waals surface area contributed by atoms with Crippen LogP contribution in [0.3, 0.4) is 0 Å². The van der Waals surface area contributed by atoms with E-state index in [1.54, 1.807) is 29.4 Å². The molecule has 0 unspecified atom stereocenters. The van der Waals surface area contributed by atoms with Crippen molar-refractivity contribution < 1.29 is 14.5 Å². The van der Waals surface area contributed by atoms with Gasteiger partial charge in [-0.3, -0.25) is 4.57 Å². The van der Waals surface area contributed by atoms with Gasteiger partial charge >= 0.3 is 7.12 Å². The molecular weight excluding hydrogens is 171 g/mol. The maximum Gasteiger partial charge on any atom is 0.526 e. The Morgan fingerprint density at radius 2 is 2.23 bits per heavy atom. The van der Waals surface area contributed by atoms with Crippen LogP contribution in [-0.4, -0.2) is 26.7 Å². The van der Waals surface area contributed by atoms with E-state index in [-0.39, 0.29) is 5.66 Å². The van der Waals surface area contributed by atoms with E-state index in [0.717, 1.165) is 0 Å². The highest BCUT2D eigenvalue weighted by Gasteiger charge is 2.16. The van der Waals surface area contributed by atoms with Crippen LogP contribution in [-0.2, 0) is 0 Å². The van der Waals surface area contributed by atoms with Gasteiger partial charge in [-0.15, -0.1) is 0 Å². The molecule has 0 bridgehead atoms. The molecule has 0 aliphatic heterocycles. The van der Waals surface area contributed by atoms with Crippen LogP contribution in [0.2, 0.25) is 0 Å². The fourth-order valence-corrected chi connectivity index (χ4v) is 1.01. The van der Waals surface area contributed by atoms with E-state index in [4.69, 9.17) is 14.5 Å². The lowest BCUT2D eigenvalue weighted by molar-refractivity contribution is 0.408. The summed E-state index contributed by atoms with van der Waals surface area (Å²) in [7, 11) is -1.57. The number of rotatable bonds is 2. The number of furan rings is 1. The Morgan fingerprint density at radius 3 is 2.77 bits per heavy atom. The van der Waals surface area contributed by atoms with Crippen molar-refractivity contribution in [1.29, 1.82) is 0 Å². The molecule has 13 heavy (non-hydrogen) atoms. The van der Waals surface area contributed by atoms with Gasteiger partial charge in [0.2, 0.25) is 5.88 Å². The molecule has 0 atom stereocenters. The Labute approximate surface area is 74.4 Å². The molecule has 0 amide bonds. The van der Waals surface area contributed by atoms with Crippen molar-refractivity contribution in [2.75, 3.05) is 0 Å². The van der Waals surface area contributed by atoms with Crippen molar-refractivity contribution in [1.82, 2.24) is 9.55 Å². The lowest BCUT2D eigenvalue weighted by Gasteiger charge is -1.95. The summed E-state index contributed by atoms with van der Waals surface area (Å²) in [5.74, 6) is 0.501. The Kier molecular flexibility index (Phi) is 1.92. The Morgan fingerprint density at radius 1 is 1.38 bits per heavy atom. The predicted octanol–water partition coefficient (Wildman–Crippen LogP) is -0.855. The van der Waals surface area contributed by atoms with Gasteiger partial charge in [0, 0.05) is 18.5 Å². The molecule has 2 heterocycles. The van der Waals surface area contributed by atoms with Crippen LogP contribution in [0.15, 0.2) is 35.3 Å². The molecule has 2 rings (SSSR count). The van der Waals surface area contributed by atoms with E-state index in [9.17, 15) is 0 Å². The summed E-state index contributed by atoms with van der Waals surface area (Å²) in [4.78, 5) is 3.83. The summed E-state index contributed by atoms with van der Waals surface area (Å²) in [6.45, 7) is 0. The average Bonchev–Trinajstić information content (AvgIpc) is 2.75. The van der Waals surface area contributed by atoms with Crippen LogP contribution < -0.4 is 5.66 Å². The third-order valence-corrected chi connectivity index (χ3v) is 1.63. The number of imidazole rings is 1. The largest absolute Gasteiger partial charge is 0.526 e. The first-order chi connectivity index (χ1) is 6.27. The first-order valence-electron chi connectivity index (χ1n) is 3.71. The summed E-state index contributed by atoms with van der Waals surface area (Å²) in [5, 5.41) is 17.5. The summed E-state index contributed by atoms with van der Waals surface area (Å²) in [6, 6.07) is 3.14. The second-order valence-corrected chi connectivity index (χ2v) is 2.52. The van der Waals surface area contributed by atoms with E-state index in [1.165, 1.54) is 6.07 Å². The molecule has 0 spiro atoms. The minimum Gasteiger partial charge on any atom is -0.448 e. The lowest BCUT2D eigenvalue weighted by atomic mass is 9.88. The predicted molar refractivity (Wildman–Crippen MR) is 45.7 cm³/mol. The van der Waals surface area contributed by atoms with Gasteiger partial charge in [-0.25, -0.2) is 4.98 Å². The SMILES string of the molecule is OB(O)c1ccc(-n2ccnc2)o1. The molecule has 0 aromatic carbocycles. The molecule has 2 aromatic rings. The van der Waals surface area contributed by atoms with Crippen LogP contribution in [0.4, 0.5) is 0 Å². The zero-order chi connectivity index (χ0) is 9.26. The smallest absolute Gasteiger partial charge is 0.448 e. The molecule has 0 saturated carbocycles. The Bertz CT molecular complexity index is 382. The van der Waals surface area contributed by atoms with Crippen molar-refractivity contribution in [2.45, 2.75) is 0 Å². The molecular formula is C7H7BN2O3. The van der Waals surface area contributed by atoms with Gasteiger partial charge in [0.1, 0.15) is 12.0 Å². The van der Waals surface area contributed by atoms with Gasteiger partial charge in [-0.05, 0) is 6.07 Å². The van der Waals surface area contributed by atoms with E-state index in [1.807, 2.05) is 0 Å². The van der Waals surface area contributed by atoms with Crippen LogP contribution >= 0.6 is 0 Å². The van der Waals surface area contributed by atoms with E-state index in [0.29, 0.717) is 5.88 Å². The van der Waals surface area contributed by atoms with Crippen LogP contribution in [0.25, 0.3) is 5.88 Å². The third-order valence-electron chi connectivity index (χ3n) is 1.63. The minimum absolute atomic E-state index is 0.115. The molecule has 66 valence electrons. The zero-order valence-electron chi connectivity index (χ0n) is 6.66. The van der Waals surface area contributed by atoms with Crippen molar-refractivity contribution in [2.24, 2.45) is 0 Å². The van der Waals surface area contributed by atoms with Crippen LogP contribution in [0.1, 0.15) is 0 Å². The first-order valence-corrected chi connectivity index (χ1v) is 3.71. The molecule has 5 nitrogen and oxygen atoms in total. The number of aromatic nitrogens is 2. The summed E-state index contributed by atoms with van der Waals surface area (Å²) >= 11 is 0. The highest BCUT2D eigenvalue weighted by atomic mass is 16.4. The molecule has 2 N–H and O–H groups in total. The Hall–Kier alpha value is -1.53. The standard InChI is InChI=1S/C7H7BN2O3/c11-8(12)6-1-2-7(13-6)10-4-3-9-5-10/h1-5,11-12H. The number of hydrogen-bond donors (Lipinski definition) is 2. The molecule has 2 aromatic heterocycles. The molecule has 0 fully saturated rings. The van der Waals surface area contributed by atoms with Crippen molar-refractivity contribution >= 4 is 12.8 Å². The fourth-order valence-electron chi connectivity index (χ4n) is 1.01. The molecule has 0 aliphatic rings. The minimum atomic E-state index is -1.57. The summed E-state index contributed by atoms with van der Waals surface area (Å²) < 4.78 is 6.74. The highest BCUT2D eigenvalue weighted by Crippen LogP contribution is 2.05. The fraction of sp³-hybridized carbons (Fsp3) is 0. The van der Waals surface area contributed by atoms with Gasteiger partial charge in [0.25, 0.3) is 0 Å². The van der Waals surface area contributed by atoms with E-state index in [2.05, 4.69) is 4.98 Å². The lowest BCUT2D eigenvalue weighted by Crippen LogP contribution is -2.28. The quantitative estimate of drug-likeness (QED) is 0.587. The molecule has 0 aliphatic carbocycles. The maximum absolute atomic E-state index is 8.77. The summed E-state index contributed by atoms with van der Waals surface area (Å²) in [5.41, 5.74) is 0.115. The first kappa shape index (κ1) is 8.09. The normalized spacial score (nSPS) is 10.3. The van der Waals surface area contributed by atoms with Crippen molar-refractivity contribution in [3.8, 4) is 5.88 Å². The second-order valence-electron chi connectivity index (χ2n) is 2.52. The van der Waals surface area contributed by atoms with Crippen LogP contribution in [0, 0.1) is 0 Å². The van der Waals surface area contributed by atoms with Gasteiger partial charge in [-0.1, -0.05) is 0 Å². The third kappa shape index (κ3) is 1.49. The van der Waals surface area contributed by atoms with E-state index < -0.39 is 7.12 Å². The van der Waals surface area contributed by atoms with Gasteiger partial charge in [0.05, 0.1) is 0 Å².